The summed E-state index contributed by atoms with van der Waals surface area (Å²) in [5, 5.41) is 35.8. The fourth-order valence-corrected chi connectivity index (χ4v) is 1.08. The van der Waals surface area contributed by atoms with E-state index in [-0.39, 0.29) is 0 Å². The van der Waals surface area contributed by atoms with Crippen molar-refractivity contribution in [3.05, 3.63) is 0 Å². The second-order valence-electron chi connectivity index (χ2n) is 2.71. The predicted molar refractivity (Wildman–Crippen MR) is 34.6 cm³/mol. The molecule has 0 spiro atoms. The van der Waals surface area contributed by atoms with Crippen LogP contribution in [-0.2, 0) is 4.74 Å². The molecule has 0 aromatic rings. The van der Waals surface area contributed by atoms with Gasteiger partial charge in [0.25, 0.3) is 0 Å². The molecule has 5 heteroatoms. The monoisotopic (exact) mass is 164 g/mol. The van der Waals surface area contributed by atoms with Gasteiger partial charge in [-0.15, -0.1) is 0 Å². The maximum Gasteiger partial charge on any atom is 0.184 e. The second-order valence-corrected chi connectivity index (χ2v) is 2.71. The summed E-state index contributed by atoms with van der Waals surface area (Å²) in [4.78, 5) is 0. The molecule has 0 amide bonds. The molecule has 1 saturated heterocycles. The molecule has 1 rings (SSSR count). The van der Waals surface area contributed by atoms with Crippen molar-refractivity contribution in [2.24, 2.45) is 0 Å². The summed E-state index contributed by atoms with van der Waals surface area (Å²) in [5.41, 5.74) is 0. The lowest BCUT2D eigenvalue weighted by Gasteiger charge is -2.16. The summed E-state index contributed by atoms with van der Waals surface area (Å²) in [6.07, 6.45) is -5.75. The Bertz CT molecular complexity index is 137. The van der Waals surface area contributed by atoms with E-state index in [4.69, 9.17) is 20.4 Å². The van der Waals surface area contributed by atoms with E-state index in [0.29, 0.717) is 0 Å². The van der Waals surface area contributed by atoms with E-state index in [9.17, 15) is 0 Å². The maximum atomic E-state index is 9.10. The molecular formula is C6H12O5. The maximum absolute atomic E-state index is 9.10. The molecule has 5 atom stereocenters. The van der Waals surface area contributed by atoms with Crippen LogP contribution < -0.4 is 0 Å². The Labute approximate surface area is 63.8 Å². The molecule has 11 heavy (non-hydrogen) atoms. The van der Waals surface area contributed by atoms with Gasteiger partial charge < -0.3 is 25.2 Å². The molecule has 66 valence electrons. The molecule has 0 aromatic heterocycles. The zero-order valence-electron chi connectivity index (χ0n) is 6.08. The molecule has 1 heterocycles. The van der Waals surface area contributed by atoms with Crippen LogP contribution in [0, 0.1) is 0 Å². The predicted octanol–water partition coefficient (Wildman–Crippen LogP) is -2.19. The highest BCUT2D eigenvalue weighted by molar-refractivity contribution is 4.88. The van der Waals surface area contributed by atoms with Gasteiger partial charge in [-0.2, -0.15) is 0 Å². The lowest BCUT2D eigenvalue weighted by Crippen LogP contribution is -2.37. The highest BCUT2D eigenvalue weighted by Crippen LogP contribution is 2.21. The van der Waals surface area contributed by atoms with Crippen LogP contribution in [0.4, 0.5) is 0 Å². The van der Waals surface area contributed by atoms with Gasteiger partial charge >= 0.3 is 0 Å². The summed E-state index contributed by atoms with van der Waals surface area (Å²) >= 11 is 0. The Balaban J connectivity index is 2.59. The number of aliphatic hydroxyl groups excluding tert-OH is 4. The van der Waals surface area contributed by atoms with Crippen molar-refractivity contribution >= 4 is 0 Å². The van der Waals surface area contributed by atoms with E-state index in [1.165, 1.54) is 6.92 Å². The fraction of sp³-hybridized carbons (Fsp3) is 1.00. The highest BCUT2D eigenvalue weighted by atomic mass is 16.6. The SMILES string of the molecule is C[C@@H](O)[C@H]1O[C@H](O)[C@@H](O)[C@@H]1O. The first-order valence-corrected chi connectivity index (χ1v) is 3.41. The van der Waals surface area contributed by atoms with Crippen LogP contribution >= 0.6 is 0 Å². The Morgan fingerprint density at radius 2 is 1.73 bits per heavy atom. The number of hydrogen-bond donors (Lipinski definition) is 4. The minimum Gasteiger partial charge on any atom is -0.391 e. The minimum atomic E-state index is -1.40. The third kappa shape index (κ3) is 1.52. The Hall–Kier alpha value is -0.200. The van der Waals surface area contributed by atoms with E-state index in [1.54, 1.807) is 0 Å². The molecule has 0 unspecified atom stereocenters. The van der Waals surface area contributed by atoms with E-state index >= 15 is 0 Å². The zero-order chi connectivity index (χ0) is 8.59. The summed E-state index contributed by atoms with van der Waals surface area (Å²) in [7, 11) is 0. The van der Waals surface area contributed by atoms with Gasteiger partial charge in [0.05, 0.1) is 6.10 Å². The van der Waals surface area contributed by atoms with Crippen LogP contribution in [0.5, 0.6) is 0 Å². The van der Waals surface area contributed by atoms with Crippen molar-refractivity contribution in [1.29, 1.82) is 0 Å². The highest BCUT2D eigenvalue weighted by Gasteiger charge is 2.43. The Morgan fingerprint density at radius 1 is 1.18 bits per heavy atom. The molecule has 1 aliphatic rings. The van der Waals surface area contributed by atoms with Crippen molar-refractivity contribution in [1.82, 2.24) is 0 Å². The van der Waals surface area contributed by atoms with Gasteiger partial charge in [-0.1, -0.05) is 0 Å². The standard InChI is InChI=1S/C6H12O5/c1-2(7)5-3(8)4(9)6(10)11-5/h2-10H,1H3/t2-,3+,4+,5-,6+/m1/s1. The number of ether oxygens (including phenoxy) is 1. The van der Waals surface area contributed by atoms with Crippen LogP contribution in [0.1, 0.15) is 6.92 Å². The Kier molecular flexibility index (Phi) is 2.46. The number of aliphatic hydroxyl groups is 4. The van der Waals surface area contributed by atoms with Crippen molar-refractivity contribution in [3.63, 3.8) is 0 Å². The summed E-state index contributed by atoms with van der Waals surface area (Å²) < 4.78 is 4.65. The van der Waals surface area contributed by atoms with Gasteiger partial charge in [0.2, 0.25) is 0 Å². The molecule has 0 radical (unpaired) electrons. The second kappa shape index (κ2) is 3.04. The van der Waals surface area contributed by atoms with Crippen molar-refractivity contribution in [3.8, 4) is 0 Å². The molecule has 0 bridgehead atoms. The topological polar surface area (TPSA) is 90.2 Å². The smallest absolute Gasteiger partial charge is 0.184 e. The van der Waals surface area contributed by atoms with Crippen molar-refractivity contribution < 1.29 is 25.2 Å². The van der Waals surface area contributed by atoms with E-state index in [0.717, 1.165) is 0 Å². The lowest BCUT2D eigenvalue weighted by molar-refractivity contribution is -0.143. The Morgan fingerprint density at radius 3 is 1.91 bits per heavy atom. The van der Waals surface area contributed by atoms with E-state index < -0.39 is 30.7 Å². The first kappa shape index (κ1) is 8.89. The minimum absolute atomic E-state index is 0.903. The van der Waals surface area contributed by atoms with Crippen LogP contribution in [0.3, 0.4) is 0 Å². The van der Waals surface area contributed by atoms with Crippen LogP contribution in [0.2, 0.25) is 0 Å². The summed E-state index contributed by atoms with van der Waals surface area (Å²) in [6, 6.07) is 0. The van der Waals surface area contributed by atoms with E-state index in [1.807, 2.05) is 0 Å². The lowest BCUT2D eigenvalue weighted by atomic mass is 10.1. The molecule has 1 fully saturated rings. The number of rotatable bonds is 1. The van der Waals surface area contributed by atoms with Crippen LogP contribution in [0.15, 0.2) is 0 Å². The van der Waals surface area contributed by atoms with Crippen molar-refractivity contribution in [2.75, 3.05) is 0 Å². The zero-order valence-corrected chi connectivity index (χ0v) is 6.08. The molecule has 4 N–H and O–H groups in total. The third-order valence-corrected chi connectivity index (χ3v) is 1.75. The largest absolute Gasteiger partial charge is 0.391 e. The summed E-state index contributed by atoms with van der Waals surface area (Å²) in [6.45, 7) is 1.42. The van der Waals surface area contributed by atoms with Gasteiger partial charge in [0.1, 0.15) is 18.3 Å². The van der Waals surface area contributed by atoms with Gasteiger partial charge in [-0.05, 0) is 6.92 Å². The summed E-state index contributed by atoms with van der Waals surface area (Å²) in [5.74, 6) is 0. The van der Waals surface area contributed by atoms with Gasteiger partial charge in [0.15, 0.2) is 6.29 Å². The van der Waals surface area contributed by atoms with E-state index in [2.05, 4.69) is 4.74 Å². The van der Waals surface area contributed by atoms with Gasteiger partial charge in [-0.25, -0.2) is 0 Å². The molecule has 5 nitrogen and oxygen atoms in total. The first-order chi connectivity index (χ1) is 5.04. The van der Waals surface area contributed by atoms with Gasteiger partial charge in [-0.3, -0.25) is 0 Å². The quantitative estimate of drug-likeness (QED) is 0.353. The molecule has 0 aliphatic carbocycles. The first-order valence-electron chi connectivity index (χ1n) is 3.41. The third-order valence-electron chi connectivity index (χ3n) is 1.75. The van der Waals surface area contributed by atoms with Gasteiger partial charge in [0, 0.05) is 0 Å². The van der Waals surface area contributed by atoms with Crippen molar-refractivity contribution in [2.45, 2.75) is 37.6 Å². The average Bonchev–Trinajstić information content (AvgIpc) is 2.17. The molecule has 1 aliphatic heterocycles. The molecular weight excluding hydrogens is 152 g/mol. The fourth-order valence-electron chi connectivity index (χ4n) is 1.08. The molecule has 0 aromatic carbocycles. The van der Waals surface area contributed by atoms with Crippen LogP contribution in [-0.4, -0.2) is 51.1 Å². The molecule has 0 saturated carbocycles. The van der Waals surface area contributed by atoms with Crippen LogP contribution in [0.25, 0.3) is 0 Å². The number of hydrogen-bond acceptors (Lipinski definition) is 5. The normalized spacial score (nSPS) is 47.7. The average molecular weight is 164 g/mol.